The molecule has 0 aliphatic heterocycles. The minimum atomic E-state index is -1.02. The summed E-state index contributed by atoms with van der Waals surface area (Å²) in [5.41, 5.74) is 0.572. The highest BCUT2D eigenvalue weighted by Crippen LogP contribution is 2.34. The summed E-state index contributed by atoms with van der Waals surface area (Å²) in [6, 6.07) is 9.87. The second kappa shape index (κ2) is 5.67. The second-order valence-electron chi connectivity index (χ2n) is 4.70. The molecule has 0 amide bonds. The van der Waals surface area contributed by atoms with Crippen molar-refractivity contribution in [1.29, 1.82) is 0 Å². The number of hydrogen-bond donors (Lipinski definition) is 0. The normalized spacial score (nSPS) is 10.9. The van der Waals surface area contributed by atoms with Crippen molar-refractivity contribution in [2.75, 3.05) is 13.7 Å². The Kier molecular flexibility index (Phi) is 3.71. The van der Waals surface area contributed by atoms with E-state index in [1.165, 1.54) is 19.2 Å². The summed E-state index contributed by atoms with van der Waals surface area (Å²) in [6.07, 6.45) is 0. The molecule has 1 aromatic heterocycles. The van der Waals surface area contributed by atoms with E-state index in [2.05, 4.69) is 0 Å². The molecule has 5 heteroatoms. The lowest BCUT2D eigenvalue weighted by atomic mass is 10.0. The van der Waals surface area contributed by atoms with Crippen LogP contribution >= 0.6 is 0 Å². The van der Waals surface area contributed by atoms with Crippen LogP contribution in [0, 0.1) is 11.6 Å². The van der Waals surface area contributed by atoms with Crippen LogP contribution in [0.3, 0.4) is 0 Å². The van der Waals surface area contributed by atoms with Gasteiger partial charge in [-0.05, 0) is 30.7 Å². The maximum absolute atomic E-state index is 14.3. The van der Waals surface area contributed by atoms with Crippen molar-refractivity contribution in [1.82, 2.24) is 0 Å². The molecule has 0 saturated heterocycles. The van der Waals surface area contributed by atoms with Gasteiger partial charge in [-0.2, -0.15) is 4.39 Å². The fourth-order valence-electron chi connectivity index (χ4n) is 2.31. The van der Waals surface area contributed by atoms with Crippen molar-refractivity contribution in [2.45, 2.75) is 6.92 Å². The molecule has 3 rings (SSSR count). The zero-order valence-corrected chi connectivity index (χ0v) is 12.2. The summed E-state index contributed by atoms with van der Waals surface area (Å²) in [7, 11) is 1.40. The Morgan fingerprint density at radius 3 is 2.41 bits per heavy atom. The zero-order valence-electron chi connectivity index (χ0n) is 12.2. The van der Waals surface area contributed by atoms with Crippen LogP contribution in [0.5, 0.6) is 11.7 Å². The average Bonchev–Trinajstić information content (AvgIpc) is 2.95. The highest BCUT2D eigenvalue weighted by atomic mass is 19.2. The Labute approximate surface area is 126 Å². The minimum Gasteiger partial charge on any atom is -0.494 e. The molecule has 0 radical (unpaired) electrons. The van der Waals surface area contributed by atoms with Crippen LogP contribution in [-0.4, -0.2) is 13.7 Å². The third-order valence-electron chi connectivity index (χ3n) is 3.34. The monoisotopic (exact) mass is 304 g/mol. The third-order valence-corrected chi connectivity index (χ3v) is 3.34. The number of rotatable bonds is 4. The quantitative estimate of drug-likeness (QED) is 0.695. The van der Waals surface area contributed by atoms with Crippen molar-refractivity contribution in [2.24, 2.45) is 0 Å². The van der Waals surface area contributed by atoms with Crippen LogP contribution in [-0.2, 0) is 0 Å². The van der Waals surface area contributed by atoms with Gasteiger partial charge in [-0.15, -0.1) is 0 Å². The number of fused-ring (bicyclic) bond motifs is 1. The van der Waals surface area contributed by atoms with Gasteiger partial charge in [-0.3, -0.25) is 0 Å². The first-order chi connectivity index (χ1) is 10.6. The standard InChI is InChI=1S/C17H14F2O3/c1-3-21-12-6-4-10(5-7-12)13-8-11-9-14(20-2)22-17(11)16(19)15(13)18/h4-9H,3H2,1-2H3. The van der Waals surface area contributed by atoms with E-state index in [0.717, 1.165) is 0 Å². The molecule has 3 nitrogen and oxygen atoms in total. The maximum atomic E-state index is 14.3. The maximum Gasteiger partial charge on any atom is 0.285 e. The van der Waals surface area contributed by atoms with Gasteiger partial charge in [0.2, 0.25) is 5.82 Å². The number of furan rings is 1. The lowest BCUT2D eigenvalue weighted by Crippen LogP contribution is -1.93. The highest BCUT2D eigenvalue weighted by molar-refractivity contribution is 5.85. The molecule has 22 heavy (non-hydrogen) atoms. The van der Waals surface area contributed by atoms with E-state index in [9.17, 15) is 8.78 Å². The molecule has 0 saturated carbocycles. The Morgan fingerprint density at radius 1 is 1.05 bits per heavy atom. The van der Waals surface area contributed by atoms with Gasteiger partial charge in [0.25, 0.3) is 5.95 Å². The minimum absolute atomic E-state index is 0.136. The van der Waals surface area contributed by atoms with E-state index in [4.69, 9.17) is 13.9 Å². The van der Waals surface area contributed by atoms with E-state index in [1.54, 1.807) is 24.3 Å². The zero-order chi connectivity index (χ0) is 15.7. The second-order valence-corrected chi connectivity index (χ2v) is 4.70. The number of hydrogen-bond acceptors (Lipinski definition) is 3. The predicted octanol–water partition coefficient (Wildman–Crippen LogP) is 4.79. The fourth-order valence-corrected chi connectivity index (χ4v) is 2.31. The molecule has 0 unspecified atom stereocenters. The fraction of sp³-hybridized carbons (Fsp3) is 0.176. The van der Waals surface area contributed by atoms with Crippen molar-refractivity contribution >= 4 is 11.0 Å². The summed E-state index contributed by atoms with van der Waals surface area (Å²) in [6.45, 7) is 2.42. The molecule has 0 spiro atoms. The van der Waals surface area contributed by atoms with Crippen molar-refractivity contribution in [3.63, 3.8) is 0 Å². The van der Waals surface area contributed by atoms with Crippen molar-refractivity contribution < 1.29 is 22.7 Å². The third kappa shape index (κ3) is 2.39. The van der Waals surface area contributed by atoms with Crippen LogP contribution in [0.15, 0.2) is 40.8 Å². The molecule has 114 valence electrons. The van der Waals surface area contributed by atoms with Gasteiger partial charge in [0.05, 0.1) is 13.7 Å². The molecule has 0 aliphatic carbocycles. The van der Waals surface area contributed by atoms with Gasteiger partial charge in [-0.25, -0.2) is 4.39 Å². The Hall–Kier alpha value is -2.56. The van der Waals surface area contributed by atoms with E-state index in [0.29, 0.717) is 23.3 Å². The SMILES string of the molecule is CCOc1ccc(-c2cc3cc(OC)oc3c(F)c2F)cc1. The topological polar surface area (TPSA) is 31.6 Å². The van der Waals surface area contributed by atoms with Gasteiger partial charge >= 0.3 is 0 Å². The molecule has 0 fully saturated rings. The van der Waals surface area contributed by atoms with E-state index < -0.39 is 11.6 Å². The average molecular weight is 304 g/mol. The van der Waals surface area contributed by atoms with Gasteiger partial charge < -0.3 is 13.9 Å². The summed E-state index contributed by atoms with van der Waals surface area (Å²) in [5, 5.41) is 0.444. The van der Waals surface area contributed by atoms with Crippen LogP contribution < -0.4 is 9.47 Å². The first-order valence-electron chi connectivity index (χ1n) is 6.82. The van der Waals surface area contributed by atoms with Gasteiger partial charge in [0.15, 0.2) is 11.4 Å². The van der Waals surface area contributed by atoms with Crippen molar-refractivity contribution in [3.8, 4) is 22.8 Å². The van der Waals surface area contributed by atoms with Gasteiger partial charge in [-0.1, -0.05) is 12.1 Å². The number of ether oxygens (including phenoxy) is 2. The molecular formula is C17H14F2O3. The van der Waals surface area contributed by atoms with Crippen LogP contribution in [0.4, 0.5) is 8.78 Å². The lowest BCUT2D eigenvalue weighted by Gasteiger charge is -2.07. The summed E-state index contributed by atoms with van der Waals surface area (Å²) < 4.78 is 43.8. The van der Waals surface area contributed by atoms with E-state index >= 15 is 0 Å². The highest BCUT2D eigenvalue weighted by Gasteiger charge is 2.19. The Bertz CT molecular complexity index is 807. The van der Waals surface area contributed by atoms with Gasteiger partial charge in [0.1, 0.15) is 5.75 Å². The Morgan fingerprint density at radius 2 is 1.77 bits per heavy atom. The number of methoxy groups -OCH3 is 1. The first-order valence-corrected chi connectivity index (χ1v) is 6.82. The number of benzene rings is 2. The molecule has 0 aliphatic rings. The predicted molar refractivity (Wildman–Crippen MR) is 79.3 cm³/mol. The summed E-state index contributed by atoms with van der Waals surface area (Å²) in [5.74, 6) is -1.16. The molecular weight excluding hydrogens is 290 g/mol. The van der Waals surface area contributed by atoms with Crippen LogP contribution in [0.1, 0.15) is 6.92 Å². The summed E-state index contributed by atoms with van der Waals surface area (Å²) >= 11 is 0. The molecule has 1 heterocycles. The van der Waals surface area contributed by atoms with Crippen LogP contribution in [0.25, 0.3) is 22.1 Å². The van der Waals surface area contributed by atoms with Crippen LogP contribution in [0.2, 0.25) is 0 Å². The van der Waals surface area contributed by atoms with Gasteiger partial charge in [0, 0.05) is 17.0 Å². The molecule has 2 aromatic carbocycles. The van der Waals surface area contributed by atoms with Crippen molar-refractivity contribution in [3.05, 3.63) is 48.0 Å². The first kappa shape index (κ1) is 14.4. The Balaban J connectivity index is 2.11. The van der Waals surface area contributed by atoms with E-state index in [-0.39, 0.29) is 17.1 Å². The smallest absolute Gasteiger partial charge is 0.285 e. The molecule has 0 atom stereocenters. The lowest BCUT2D eigenvalue weighted by molar-refractivity contribution is 0.312. The summed E-state index contributed by atoms with van der Waals surface area (Å²) in [4.78, 5) is 0. The number of halogens is 2. The largest absolute Gasteiger partial charge is 0.494 e. The molecule has 0 N–H and O–H groups in total. The molecule has 3 aromatic rings. The van der Waals surface area contributed by atoms with E-state index in [1.807, 2.05) is 6.92 Å². The molecule has 0 bridgehead atoms.